The molecule has 78 heavy (non-hydrogen) atoms. The Labute approximate surface area is 460 Å². The Morgan fingerprint density at radius 3 is 1.53 bits per heavy atom. The first-order valence-corrected chi connectivity index (χ1v) is 29.5. The Balaban J connectivity index is 0.992. The first kappa shape index (κ1) is 48.7. The molecule has 0 unspecified atom stereocenters. The number of benzene rings is 9. The van der Waals surface area contributed by atoms with Gasteiger partial charge in [0.15, 0.2) is 0 Å². The second-order valence-electron chi connectivity index (χ2n) is 24.2. The van der Waals surface area contributed by atoms with Gasteiger partial charge >= 0.3 is 0 Å². The first-order valence-electron chi connectivity index (χ1n) is 29.5. The SMILES string of the molecule is CCCCCCCC1(CCCCCCC)c2cc(N(c3ccccc3)c3ccc4c(c3)C(C)(C)c3c5c(c6oc7ccccc7c6c3-4)-c3ccccc3C5(C)C)ccc2-c2c1cc(-c1ccccc1)c1oc3ccccc3c21. The van der Waals surface area contributed by atoms with E-state index in [0.717, 1.165) is 40.9 Å². The van der Waals surface area contributed by atoms with Crippen molar-refractivity contribution >= 4 is 60.9 Å². The minimum atomic E-state index is -0.321. The normalized spacial score (nSPS) is 14.9. The summed E-state index contributed by atoms with van der Waals surface area (Å²) in [5.41, 5.74) is 25.5. The van der Waals surface area contributed by atoms with Crippen molar-refractivity contribution in [3.05, 3.63) is 209 Å². The molecular weight excluding hydrogens is 947 g/mol. The van der Waals surface area contributed by atoms with Gasteiger partial charge in [-0.3, -0.25) is 0 Å². The van der Waals surface area contributed by atoms with E-state index in [-0.39, 0.29) is 16.2 Å². The second-order valence-corrected chi connectivity index (χ2v) is 24.2. The molecule has 3 heteroatoms. The predicted octanol–water partition coefficient (Wildman–Crippen LogP) is 22.2. The molecule has 0 bridgehead atoms. The summed E-state index contributed by atoms with van der Waals surface area (Å²) in [5, 5.41) is 4.87. The molecule has 2 aromatic heterocycles. The Hall–Kier alpha value is -7.62. The fraction of sp³-hybridized carbons (Fsp3) is 0.280. The van der Waals surface area contributed by atoms with E-state index in [1.54, 1.807) is 0 Å². The molecule has 0 spiro atoms. The topological polar surface area (TPSA) is 29.5 Å². The van der Waals surface area contributed by atoms with Gasteiger partial charge in [0.25, 0.3) is 0 Å². The molecular formula is C75H71NO2. The van der Waals surface area contributed by atoms with Crippen LogP contribution in [0.1, 0.15) is 152 Å². The lowest BCUT2D eigenvalue weighted by Crippen LogP contribution is -2.26. The molecule has 0 fully saturated rings. The van der Waals surface area contributed by atoms with Crippen LogP contribution in [0.5, 0.6) is 0 Å². The lowest BCUT2D eigenvalue weighted by molar-refractivity contribution is 0.399. The molecule has 0 saturated heterocycles. The number of anilines is 3. The summed E-state index contributed by atoms with van der Waals surface area (Å²) in [5.74, 6) is 0. The second kappa shape index (κ2) is 18.8. The highest BCUT2D eigenvalue weighted by Crippen LogP contribution is 2.64. The van der Waals surface area contributed by atoms with Gasteiger partial charge in [0.2, 0.25) is 0 Å². The van der Waals surface area contributed by atoms with E-state index in [2.05, 4.69) is 222 Å². The first-order chi connectivity index (χ1) is 38.2. The Kier molecular flexibility index (Phi) is 11.7. The number of hydrogen-bond acceptors (Lipinski definition) is 3. The zero-order valence-electron chi connectivity index (χ0n) is 46.5. The van der Waals surface area contributed by atoms with Crippen LogP contribution in [-0.4, -0.2) is 0 Å². The van der Waals surface area contributed by atoms with Gasteiger partial charge in [0.05, 0.1) is 0 Å². The average Bonchev–Trinajstić information content (AvgIpc) is 3.48. The van der Waals surface area contributed by atoms with Gasteiger partial charge in [-0.2, -0.15) is 0 Å². The zero-order chi connectivity index (χ0) is 52.9. The molecule has 0 atom stereocenters. The number of fused-ring (bicyclic) bond motifs is 19. The molecule has 3 aliphatic rings. The quantitative estimate of drug-likeness (QED) is 0.0904. The fourth-order valence-corrected chi connectivity index (χ4v) is 15.2. The van der Waals surface area contributed by atoms with Crippen molar-refractivity contribution < 1.29 is 8.83 Å². The fourth-order valence-electron chi connectivity index (χ4n) is 15.2. The van der Waals surface area contributed by atoms with Crippen LogP contribution >= 0.6 is 0 Å². The molecule has 11 aromatic rings. The molecule has 0 N–H and O–H groups in total. The number of unbranched alkanes of at least 4 members (excludes halogenated alkanes) is 8. The minimum absolute atomic E-state index is 0.192. The lowest BCUT2D eigenvalue weighted by Gasteiger charge is -2.34. The van der Waals surface area contributed by atoms with E-state index in [1.165, 1.54) is 175 Å². The third kappa shape index (κ3) is 7.22. The van der Waals surface area contributed by atoms with Gasteiger partial charge in [-0.05, 0) is 134 Å². The van der Waals surface area contributed by atoms with Gasteiger partial charge in [0, 0.05) is 66.0 Å². The highest BCUT2D eigenvalue weighted by Gasteiger charge is 2.49. The summed E-state index contributed by atoms with van der Waals surface area (Å²) in [6.07, 6.45) is 14.7. The van der Waals surface area contributed by atoms with Crippen LogP contribution in [-0.2, 0) is 16.2 Å². The van der Waals surface area contributed by atoms with Crippen molar-refractivity contribution in [3.63, 3.8) is 0 Å². The van der Waals surface area contributed by atoms with E-state index in [0.29, 0.717) is 0 Å². The highest BCUT2D eigenvalue weighted by atomic mass is 16.3. The smallest absolute Gasteiger partial charge is 0.144 e. The lowest BCUT2D eigenvalue weighted by atomic mass is 9.70. The molecule has 3 aliphatic carbocycles. The Bertz CT molecular complexity index is 4110. The van der Waals surface area contributed by atoms with Crippen molar-refractivity contribution in [1.82, 2.24) is 0 Å². The minimum Gasteiger partial charge on any atom is -0.455 e. The average molecular weight is 1020 g/mol. The van der Waals surface area contributed by atoms with Crippen LogP contribution in [0.4, 0.5) is 17.1 Å². The predicted molar refractivity (Wildman–Crippen MR) is 329 cm³/mol. The molecule has 0 amide bonds. The van der Waals surface area contributed by atoms with Crippen LogP contribution in [0.25, 0.3) is 88.4 Å². The van der Waals surface area contributed by atoms with E-state index in [4.69, 9.17) is 8.83 Å². The van der Waals surface area contributed by atoms with Gasteiger partial charge in [-0.1, -0.05) is 227 Å². The molecule has 9 aromatic carbocycles. The van der Waals surface area contributed by atoms with E-state index >= 15 is 0 Å². The summed E-state index contributed by atoms with van der Waals surface area (Å²) in [6.45, 7) is 14.5. The number of rotatable bonds is 16. The third-order valence-electron chi connectivity index (χ3n) is 18.9. The zero-order valence-corrected chi connectivity index (χ0v) is 46.5. The Morgan fingerprint density at radius 1 is 0.372 bits per heavy atom. The Morgan fingerprint density at radius 2 is 0.872 bits per heavy atom. The maximum atomic E-state index is 7.05. The summed E-state index contributed by atoms with van der Waals surface area (Å²) < 4.78 is 14.1. The summed E-state index contributed by atoms with van der Waals surface area (Å²) in [4.78, 5) is 2.56. The van der Waals surface area contributed by atoms with Gasteiger partial charge in [-0.15, -0.1) is 0 Å². The van der Waals surface area contributed by atoms with Crippen LogP contribution in [0, 0.1) is 0 Å². The molecule has 2 heterocycles. The van der Waals surface area contributed by atoms with Crippen LogP contribution in [0.15, 0.2) is 185 Å². The van der Waals surface area contributed by atoms with Crippen molar-refractivity contribution in [2.45, 2.75) is 135 Å². The molecule has 14 rings (SSSR count). The van der Waals surface area contributed by atoms with Gasteiger partial charge < -0.3 is 13.7 Å². The van der Waals surface area contributed by atoms with Crippen LogP contribution in [0.2, 0.25) is 0 Å². The monoisotopic (exact) mass is 1020 g/mol. The number of nitrogens with zero attached hydrogens (tertiary/aromatic N) is 1. The van der Waals surface area contributed by atoms with E-state index in [9.17, 15) is 0 Å². The maximum Gasteiger partial charge on any atom is 0.144 e. The summed E-state index contributed by atoms with van der Waals surface area (Å²) in [6, 6.07) is 66.2. The standard InChI is InChI=1S/C75H71NO2/c1-7-9-11-13-27-43-75(44-28-14-12-10-8-2)60-46-51(40-42-54(60)64-61(75)47-57(48-29-17-15-18-30-48)71-66(64)55-34-22-25-37-62(55)77-71)76(49-31-19-16-20-32-49)50-39-41-53-59(45-50)74(5,6)69-65(53)67-56-35-23-26-38-63(56)78-72(67)68-52-33-21-24-36-58(52)73(3,4)70(68)69/h15-26,29-42,45-47H,7-14,27-28,43-44H2,1-6H3. The largest absolute Gasteiger partial charge is 0.455 e. The molecule has 388 valence electrons. The molecule has 0 radical (unpaired) electrons. The van der Waals surface area contributed by atoms with Crippen molar-refractivity contribution in [3.8, 4) is 44.5 Å². The number of furan rings is 2. The van der Waals surface area contributed by atoms with Crippen LogP contribution in [0.3, 0.4) is 0 Å². The molecule has 0 aliphatic heterocycles. The van der Waals surface area contributed by atoms with E-state index in [1.807, 2.05) is 0 Å². The summed E-state index contributed by atoms with van der Waals surface area (Å²) in [7, 11) is 0. The summed E-state index contributed by atoms with van der Waals surface area (Å²) >= 11 is 0. The van der Waals surface area contributed by atoms with Crippen molar-refractivity contribution in [2.24, 2.45) is 0 Å². The van der Waals surface area contributed by atoms with Crippen LogP contribution < -0.4 is 4.90 Å². The van der Waals surface area contributed by atoms with Gasteiger partial charge in [0.1, 0.15) is 22.3 Å². The van der Waals surface area contributed by atoms with Crippen molar-refractivity contribution in [2.75, 3.05) is 4.90 Å². The third-order valence-corrected chi connectivity index (χ3v) is 18.9. The molecule has 0 saturated carbocycles. The molecule has 3 nitrogen and oxygen atoms in total. The number of hydrogen-bond donors (Lipinski definition) is 0. The number of para-hydroxylation sites is 3. The highest BCUT2D eigenvalue weighted by molar-refractivity contribution is 6.21. The maximum absolute atomic E-state index is 7.05. The van der Waals surface area contributed by atoms with Crippen molar-refractivity contribution in [1.29, 1.82) is 0 Å². The van der Waals surface area contributed by atoms with Gasteiger partial charge in [-0.25, -0.2) is 0 Å². The van der Waals surface area contributed by atoms with E-state index < -0.39 is 0 Å².